The van der Waals surface area contributed by atoms with Crippen molar-refractivity contribution < 1.29 is 28.7 Å². The summed E-state index contributed by atoms with van der Waals surface area (Å²) in [5.74, 6) is 0.899. The fourth-order valence-corrected chi connectivity index (χ4v) is 8.84. The van der Waals surface area contributed by atoms with Gasteiger partial charge in [0.05, 0.1) is 70.5 Å². The van der Waals surface area contributed by atoms with Crippen molar-refractivity contribution in [1.82, 2.24) is 50.3 Å². The van der Waals surface area contributed by atoms with E-state index < -0.39 is 24.3 Å². The average molecular weight is 749 g/mol. The third-order valence-electron chi connectivity index (χ3n) is 9.53. The van der Waals surface area contributed by atoms with E-state index in [-0.39, 0.29) is 29.8 Å². The third-order valence-corrected chi connectivity index (χ3v) is 11.6. The minimum absolute atomic E-state index is 0.118. The van der Waals surface area contributed by atoms with Crippen molar-refractivity contribution in [2.75, 3.05) is 27.3 Å². The van der Waals surface area contributed by atoms with E-state index in [0.29, 0.717) is 24.7 Å². The lowest BCUT2D eigenvalue weighted by Crippen LogP contribution is -2.51. The zero-order valence-electron chi connectivity index (χ0n) is 29.4. The number of methoxy groups -OCH3 is 2. The van der Waals surface area contributed by atoms with Crippen molar-refractivity contribution in [3.63, 3.8) is 0 Å². The van der Waals surface area contributed by atoms with E-state index in [1.165, 1.54) is 14.2 Å². The average Bonchev–Trinajstić information content (AvgIpc) is 3.97. The Morgan fingerprint density at radius 2 is 1.27 bits per heavy atom. The second-order valence-electron chi connectivity index (χ2n) is 13.3. The molecule has 4 amide bonds. The SMILES string of the molecule is COC(=O)N[C@@H](C)C(=O)N1CCC[C@H]1c1ncc(-c2nc3cc4nc(-c5cnc([C@@H]6CCCN6C(=O)[C@@H](NC(=O)OC)C(C)C)[nH]5)sc4cc3s2)[nH]1. The molecule has 6 heterocycles. The van der Waals surface area contributed by atoms with Crippen LogP contribution in [0.25, 0.3) is 41.8 Å². The number of H-pyrrole nitrogens is 2. The maximum absolute atomic E-state index is 13.5. The monoisotopic (exact) mass is 748 g/mol. The van der Waals surface area contributed by atoms with Crippen molar-refractivity contribution in [3.05, 3.63) is 36.2 Å². The van der Waals surface area contributed by atoms with Gasteiger partial charge in [0, 0.05) is 13.1 Å². The quantitative estimate of drug-likeness (QED) is 0.157. The van der Waals surface area contributed by atoms with Gasteiger partial charge in [-0.3, -0.25) is 9.59 Å². The summed E-state index contributed by atoms with van der Waals surface area (Å²) in [6.07, 6.45) is 5.40. The molecule has 0 radical (unpaired) electrons. The number of amides is 4. The maximum Gasteiger partial charge on any atom is 0.407 e. The number of imidazole rings is 2. The van der Waals surface area contributed by atoms with Crippen LogP contribution in [0.3, 0.4) is 0 Å². The number of aromatic amines is 2. The molecule has 2 aliphatic rings. The van der Waals surface area contributed by atoms with Crippen LogP contribution >= 0.6 is 22.7 Å². The van der Waals surface area contributed by atoms with Crippen LogP contribution in [-0.4, -0.2) is 103 Å². The number of thiazole rings is 2. The lowest BCUT2D eigenvalue weighted by atomic mass is 10.0. The molecule has 0 spiro atoms. The molecule has 1 aromatic carbocycles. The van der Waals surface area contributed by atoms with Gasteiger partial charge in [0.1, 0.15) is 33.7 Å². The van der Waals surface area contributed by atoms with Gasteiger partial charge in [-0.1, -0.05) is 13.8 Å². The van der Waals surface area contributed by atoms with Crippen LogP contribution in [0.2, 0.25) is 0 Å². The molecule has 18 heteroatoms. The fraction of sp³-hybridized carbons (Fsp3) is 0.471. The molecule has 16 nitrogen and oxygen atoms in total. The highest BCUT2D eigenvalue weighted by molar-refractivity contribution is 7.23. The Bertz CT molecular complexity index is 2090. The summed E-state index contributed by atoms with van der Waals surface area (Å²) >= 11 is 3.09. The number of hydrogen-bond acceptors (Lipinski definition) is 12. The molecule has 2 aliphatic heterocycles. The summed E-state index contributed by atoms with van der Waals surface area (Å²) in [7, 11) is 2.55. The normalized spacial score (nSPS) is 18.7. The maximum atomic E-state index is 13.5. The molecule has 274 valence electrons. The van der Waals surface area contributed by atoms with Crippen molar-refractivity contribution in [2.45, 2.75) is 70.6 Å². The number of carbonyl (C=O) groups excluding carboxylic acids is 4. The van der Waals surface area contributed by atoms with Crippen LogP contribution in [0.15, 0.2) is 24.5 Å². The molecule has 2 fully saturated rings. The van der Waals surface area contributed by atoms with Crippen LogP contribution in [0.1, 0.15) is 70.2 Å². The molecule has 0 saturated carbocycles. The van der Waals surface area contributed by atoms with Gasteiger partial charge in [-0.25, -0.2) is 29.5 Å². The highest BCUT2D eigenvalue weighted by Crippen LogP contribution is 2.39. The van der Waals surface area contributed by atoms with Crippen molar-refractivity contribution in [2.24, 2.45) is 5.92 Å². The van der Waals surface area contributed by atoms with E-state index in [2.05, 4.69) is 41.4 Å². The second kappa shape index (κ2) is 14.5. The minimum Gasteiger partial charge on any atom is -0.453 e. The molecule has 4 N–H and O–H groups in total. The zero-order chi connectivity index (χ0) is 36.7. The number of fused-ring (bicyclic) bond motifs is 2. The van der Waals surface area contributed by atoms with Gasteiger partial charge >= 0.3 is 12.2 Å². The van der Waals surface area contributed by atoms with Gasteiger partial charge in [0.15, 0.2) is 0 Å². The van der Waals surface area contributed by atoms with E-state index in [0.717, 1.165) is 67.5 Å². The number of likely N-dealkylation sites (tertiary alicyclic amines) is 2. The smallest absolute Gasteiger partial charge is 0.407 e. The van der Waals surface area contributed by atoms with E-state index in [9.17, 15) is 19.2 Å². The van der Waals surface area contributed by atoms with Crippen molar-refractivity contribution >= 4 is 67.1 Å². The number of alkyl carbamates (subject to hydrolysis) is 2. The molecule has 7 rings (SSSR count). The molecule has 0 aliphatic carbocycles. The highest BCUT2D eigenvalue weighted by Gasteiger charge is 2.38. The number of nitrogens with zero attached hydrogens (tertiary/aromatic N) is 6. The first-order chi connectivity index (χ1) is 25.0. The van der Waals surface area contributed by atoms with E-state index in [1.54, 1.807) is 51.8 Å². The lowest BCUT2D eigenvalue weighted by Gasteiger charge is -2.29. The van der Waals surface area contributed by atoms with Gasteiger partial charge in [0.2, 0.25) is 11.8 Å². The van der Waals surface area contributed by atoms with Crippen LogP contribution in [0.4, 0.5) is 9.59 Å². The summed E-state index contributed by atoms with van der Waals surface area (Å²) in [5, 5.41) is 6.79. The van der Waals surface area contributed by atoms with E-state index in [4.69, 9.17) is 14.7 Å². The lowest BCUT2D eigenvalue weighted by molar-refractivity contribution is -0.135. The number of hydrogen-bond donors (Lipinski definition) is 4. The molecule has 0 unspecified atom stereocenters. The number of benzene rings is 1. The number of ether oxygens (including phenoxy) is 2. The van der Waals surface area contributed by atoms with Gasteiger partial charge in [0.25, 0.3) is 0 Å². The molecule has 4 aromatic heterocycles. The standard InChI is InChI=1S/C34H40N10O6S2/c1-16(2)26(42-34(48)50-5)32(46)44-11-7-9-23(44)28-36-15-21(39-28)30-41-19-12-18-24(13-25(19)52-30)51-29(40-18)20-14-35-27(38-20)22-8-6-10-43(22)31(45)17(3)37-33(47)49-4/h12-17,22-23,26H,6-11H2,1-5H3,(H,35,38)(H,36,39)(H,37,47)(H,42,48)/t17-,22-,23-,26-/m0/s1. The third kappa shape index (κ3) is 6.79. The number of rotatable bonds is 9. The van der Waals surface area contributed by atoms with E-state index >= 15 is 0 Å². The first kappa shape index (κ1) is 35.3. The van der Waals surface area contributed by atoms with Crippen molar-refractivity contribution in [3.8, 4) is 21.4 Å². The fourth-order valence-electron chi connectivity index (χ4n) is 6.86. The molecule has 52 heavy (non-hydrogen) atoms. The van der Waals surface area contributed by atoms with Gasteiger partial charge < -0.3 is 39.9 Å². The summed E-state index contributed by atoms with van der Waals surface area (Å²) < 4.78 is 11.4. The second-order valence-corrected chi connectivity index (χ2v) is 15.3. The summed E-state index contributed by atoms with van der Waals surface area (Å²) in [6.45, 7) is 6.58. The molecule has 2 saturated heterocycles. The number of carbonyl (C=O) groups is 4. The Balaban J connectivity index is 1.07. The topological polar surface area (TPSA) is 200 Å². The summed E-state index contributed by atoms with van der Waals surface area (Å²) in [6, 6.07) is 2.17. The Kier molecular flexibility index (Phi) is 9.84. The minimum atomic E-state index is -0.723. The highest BCUT2D eigenvalue weighted by atomic mass is 32.1. The summed E-state index contributed by atoms with van der Waals surface area (Å²) in [4.78, 5) is 79.7. The predicted molar refractivity (Wildman–Crippen MR) is 195 cm³/mol. The predicted octanol–water partition coefficient (Wildman–Crippen LogP) is 5.14. The molecular formula is C34H40N10O6S2. The van der Waals surface area contributed by atoms with Gasteiger partial charge in [-0.15, -0.1) is 22.7 Å². The zero-order valence-corrected chi connectivity index (χ0v) is 31.0. The first-order valence-corrected chi connectivity index (χ1v) is 18.8. The van der Waals surface area contributed by atoms with Crippen LogP contribution in [-0.2, 0) is 19.1 Å². The van der Waals surface area contributed by atoms with Crippen LogP contribution in [0.5, 0.6) is 0 Å². The largest absolute Gasteiger partial charge is 0.453 e. The Morgan fingerprint density at radius 1 is 0.769 bits per heavy atom. The Labute approximate surface area is 306 Å². The first-order valence-electron chi connectivity index (χ1n) is 17.2. The van der Waals surface area contributed by atoms with Crippen molar-refractivity contribution in [1.29, 1.82) is 0 Å². The van der Waals surface area contributed by atoms with Gasteiger partial charge in [-0.2, -0.15) is 0 Å². The van der Waals surface area contributed by atoms with E-state index in [1.807, 2.05) is 19.9 Å². The molecule has 5 aromatic rings. The molecule has 4 atom stereocenters. The van der Waals surface area contributed by atoms with Crippen LogP contribution < -0.4 is 10.6 Å². The number of aromatic nitrogens is 6. The summed E-state index contributed by atoms with van der Waals surface area (Å²) in [5.41, 5.74) is 3.15. The Morgan fingerprint density at radius 3 is 1.77 bits per heavy atom. The molecule has 0 bridgehead atoms. The Hall–Kier alpha value is -5.10. The molecular weight excluding hydrogens is 709 g/mol. The number of nitrogens with one attached hydrogen (secondary N) is 4. The van der Waals surface area contributed by atoms with Gasteiger partial charge in [-0.05, 0) is 50.7 Å². The van der Waals surface area contributed by atoms with Crippen LogP contribution in [0, 0.1) is 5.92 Å².